The van der Waals surface area contributed by atoms with Crippen LogP contribution in [0.4, 0.5) is 5.69 Å². The maximum absolute atomic E-state index is 12.3. The lowest BCUT2D eigenvalue weighted by Crippen LogP contribution is -2.44. The maximum atomic E-state index is 12.3. The van der Waals surface area contributed by atoms with Crippen LogP contribution in [-0.2, 0) is 15.4 Å². The molecule has 0 heterocycles. The molecule has 0 spiro atoms. The van der Waals surface area contributed by atoms with E-state index in [-0.39, 0.29) is 46.5 Å². The summed E-state index contributed by atoms with van der Waals surface area (Å²) in [7, 11) is -2.18. The largest absolute Gasteiger partial charge is 0.356 e. The fraction of sp³-hybridized carbons (Fsp3) is 0.350. The molecule has 0 atom stereocenters. The fourth-order valence-corrected chi connectivity index (χ4v) is 4.27. The Morgan fingerprint density at radius 2 is 1.81 bits per heavy atom. The third-order valence-electron chi connectivity index (χ3n) is 5.11. The number of aliphatic imine (C=N–C) groups is 1. The van der Waals surface area contributed by atoms with Crippen molar-refractivity contribution >= 4 is 45.6 Å². The minimum atomic E-state index is -3.84. The molecule has 1 aliphatic carbocycles. The minimum absolute atomic E-state index is 0. The summed E-state index contributed by atoms with van der Waals surface area (Å²) in [5.74, 6) is 0.590. The second-order valence-corrected chi connectivity index (χ2v) is 8.92. The Bertz CT molecular complexity index is 1030. The number of guanidine groups is 1. The molecule has 1 saturated carbocycles. The number of halogens is 1. The Labute approximate surface area is 199 Å². The van der Waals surface area contributed by atoms with Gasteiger partial charge in [-0.1, -0.05) is 36.4 Å². The van der Waals surface area contributed by atoms with Crippen molar-refractivity contribution in [1.82, 2.24) is 15.4 Å². The van der Waals surface area contributed by atoms with Crippen LogP contribution >= 0.6 is 24.0 Å². The molecule has 0 amide bonds. The Kier molecular flexibility index (Phi) is 8.77. The summed E-state index contributed by atoms with van der Waals surface area (Å²) >= 11 is 0. The van der Waals surface area contributed by atoms with Gasteiger partial charge in [0.25, 0.3) is 5.69 Å². The SMILES string of the molecule is CN=C(NCCNS(=O)(=O)c1cccc([N+](=O)[O-])c1)NCC1(c2ccccc2)CC1.I. The fourth-order valence-electron chi connectivity index (χ4n) is 3.20. The van der Waals surface area contributed by atoms with Crippen LogP contribution in [0, 0.1) is 10.1 Å². The van der Waals surface area contributed by atoms with E-state index < -0.39 is 14.9 Å². The van der Waals surface area contributed by atoms with E-state index in [9.17, 15) is 18.5 Å². The van der Waals surface area contributed by atoms with Crippen LogP contribution in [0.3, 0.4) is 0 Å². The zero-order valence-corrected chi connectivity index (χ0v) is 20.2. The molecule has 1 aliphatic rings. The van der Waals surface area contributed by atoms with Gasteiger partial charge in [0, 0.05) is 44.2 Å². The second-order valence-electron chi connectivity index (χ2n) is 7.15. The lowest BCUT2D eigenvalue weighted by atomic mass is 9.96. The van der Waals surface area contributed by atoms with Gasteiger partial charge in [0.05, 0.1) is 9.82 Å². The predicted molar refractivity (Wildman–Crippen MR) is 130 cm³/mol. The van der Waals surface area contributed by atoms with Gasteiger partial charge in [-0.05, 0) is 24.5 Å². The Morgan fingerprint density at radius 1 is 1.10 bits per heavy atom. The van der Waals surface area contributed by atoms with Gasteiger partial charge in [0.2, 0.25) is 10.0 Å². The normalized spacial score (nSPS) is 14.9. The Hall–Kier alpha value is -2.25. The van der Waals surface area contributed by atoms with Gasteiger partial charge in [-0.2, -0.15) is 0 Å². The van der Waals surface area contributed by atoms with E-state index in [1.165, 1.54) is 23.8 Å². The third kappa shape index (κ3) is 6.61. The van der Waals surface area contributed by atoms with Gasteiger partial charge in [0.15, 0.2) is 5.96 Å². The molecule has 3 N–H and O–H groups in total. The van der Waals surface area contributed by atoms with E-state index in [0.29, 0.717) is 12.5 Å². The standard InChI is InChI=1S/C20H25N5O4S.HI/c1-21-19(23-15-20(10-11-20)16-6-3-2-4-7-16)22-12-13-24-30(28,29)18-9-5-8-17(14-18)25(26)27;/h2-9,14,24H,10-13,15H2,1H3,(H2,21,22,23);1H. The number of hydrogen-bond donors (Lipinski definition) is 3. The molecule has 2 aromatic carbocycles. The van der Waals surface area contributed by atoms with E-state index in [1.807, 2.05) is 18.2 Å². The Morgan fingerprint density at radius 3 is 2.42 bits per heavy atom. The monoisotopic (exact) mass is 559 g/mol. The van der Waals surface area contributed by atoms with Crippen molar-refractivity contribution in [2.75, 3.05) is 26.7 Å². The number of nitro groups is 1. The number of non-ortho nitro benzene ring substituents is 1. The molecular weight excluding hydrogens is 533 g/mol. The molecule has 0 aromatic heterocycles. The number of nitrogens with one attached hydrogen (secondary N) is 3. The molecule has 31 heavy (non-hydrogen) atoms. The zero-order chi connectivity index (χ0) is 21.6. The number of sulfonamides is 1. The first kappa shape index (κ1) is 25.0. The highest BCUT2D eigenvalue weighted by atomic mass is 127. The number of benzene rings is 2. The predicted octanol–water partition coefficient (Wildman–Crippen LogP) is 2.39. The van der Waals surface area contributed by atoms with Crippen molar-refractivity contribution in [3.8, 4) is 0 Å². The van der Waals surface area contributed by atoms with Gasteiger partial charge >= 0.3 is 0 Å². The third-order valence-corrected chi connectivity index (χ3v) is 6.56. The molecule has 11 heteroatoms. The van der Waals surface area contributed by atoms with E-state index in [2.05, 4.69) is 32.5 Å². The molecule has 2 aromatic rings. The van der Waals surface area contributed by atoms with Crippen LogP contribution in [0.15, 0.2) is 64.5 Å². The van der Waals surface area contributed by atoms with Gasteiger partial charge in [-0.3, -0.25) is 15.1 Å². The highest BCUT2D eigenvalue weighted by Gasteiger charge is 2.43. The highest BCUT2D eigenvalue weighted by Crippen LogP contribution is 2.47. The van der Waals surface area contributed by atoms with E-state index >= 15 is 0 Å². The minimum Gasteiger partial charge on any atom is -0.356 e. The summed E-state index contributed by atoms with van der Waals surface area (Å²) in [6, 6.07) is 15.3. The average molecular weight is 559 g/mol. The molecule has 0 unspecified atom stereocenters. The topological polar surface area (TPSA) is 126 Å². The molecule has 0 aliphatic heterocycles. The summed E-state index contributed by atoms with van der Waals surface area (Å²) in [5, 5.41) is 17.2. The maximum Gasteiger partial charge on any atom is 0.270 e. The van der Waals surface area contributed by atoms with Gasteiger partial charge < -0.3 is 10.6 Å². The van der Waals surface area contributed by atoms with Gasteiger partial charge in [0.1, 0.15) is 0 Å². The molecule has 3 rings (SSSR count). The number of nitro benzene ring substituents is 1. The smallest absolute Gasteiger partial charge is 0.270 e. The van der Waals surface area contributed by atoms with E-state index in [0.717, 1.165) is 25.5 Å². The van der Waals surface area contributed by atoms with Crippen LogP contribution < -0.4 is 15.4 Å². The van der Waals surface area contributed by atoms with E-state index in [1.54, 1.807) is 7.05 Å². The first-order chi connectivity index (χ1) is 14.4. The number of nitrogens with zero attached hydrogens (tertiary/aromatic N) is 2. The van der Waals surface area contributed by atoms with Gasteiger partial charge in [-0.15, -0.1) is 24.0 Å². The summed E-state index contributed by atoms with van der Waals surface area (Å²) in [6.07, 6.45) is 2.23. The summed E-state index contributed by atoms with van der Waals surface area (Å²) in [4.78, 5) is 14.2. The van der Waals surface area contributed by atoms with Crippen LogP contribution in [0.2, 0.25) is 0 Å². The van der Waals surface area contributed by atoms with Gasteiger partial charge in [-0.25, -0.2) is 13.1 Å². The summed E-state index contributed by atoms with van der Waals surface area (Å²) < 4.78 is 27.1. The quantitative estimate of drug-likeness (QED) is 0.108. The molecule has 0 saturated heterocycles. The van der Waals surface area contributed by atoms with Crippen LogP contribution in [0.5, 0.6) is 0 Å². The summed E-state index contributed by atoms with van der Waals surface area (Å²) in [6.45, 7) is 1.16. The lowest BCUT2D eigenvalue weighted by Gasteiger charge is -2.19. The van der Waals surface area contributed by atoms with Crippen LogP contribution in [-0.4, -0.2) is 46.0 Å². The number of hydrogen-bond acceptors (Lipinski definition) is 5. The van der Waals surface area contributed by atoms with Crippen molar-refractivity contribution in [3.05, 3.63) is 70.3 Å². The first-order valence-corrected chi connectivity index (χ1v) is 11.1. The van der Waals surface area contributed by atoms with Crippen LogP contribution in [0.1, 0.15) is 18.4 Å². The summed E-state index contributed by atoms with van der Waals surface area (Å²) in [5.41, 5.74) is 1.16. The zero-order valence-electron chi connectivity index (χ0n) is 17.1. The molecule has 168 valence electrons. The number of rotatable bonds is 9. The average Bonchev–Trinajstić information content (AvgIpc) is 3.55. The van der Waals surface area contributed by atoms with E-state index in [4.69, 9.17) is 0 Å². The first-order valence-electron chi connectivity index (χ1n) is 9.60. The highest BCUT2D eigenvalue weighted by molar-refractivity contribution is 14.0. The van der Waals surface area contributed by atoms with Crippen molar-refractivity contribution in [2.24, 2.45) is 4.99 Å². The second kappa shape index (κ2) is 10.9. The molecular formula is C20H26IN5O4S. The van der Waals surface area contributed by atoms with Crippen molar-refractivity contribution in [3.63, 3.8) is 0 Å². The molecule has 9 nitrogen and oxygen atoms in total. The Balaban J connectivity index is 0.00000341. The van der Waals surface area contributed by atoms with Crippen LogP contribution in [0.25, 0.3) is 0 Å². The molecule has 0 radical (unpaired) electrons. The molecule has 1 fully saturated rings. The molecule has 0 bridgehead atoms. The van der Waals surface area contributed by atoms with Crippen molar-refractivity contribution < 1.29 is 13.3 Å². The lowest BCUT2D eigenvalue weighted by molar-refractivity contribution is -0.385. The van der Waals surface area contributed by atoms with Crippen molar-refractivity contribution in [2.45, 2.75) is 23.2 Å². The van der Waals surface area contributed by atoms with Crippen molar-refractivity contribution in [1.29, 1.82) is 0 Å².